The van der Waals surface area contributed by atoms with Crippen LogP contribution in [0.4, 0.5) is 0 Å². The molecule has 0 radical (unpaired) electrons. The standard InChI is InChI=1S/C11H18O4/c1-8(2)11(12)14-5-4-13-6-9(3)10-7-15-10/h9-10H,1,4-7H2,2-3H3. The van der Waals surface area contributed by atoms with Crippen molar-refractivity contribution < 1.29 is 19.0 Å². The van der Waals surface area contributed by atoms with Gasteiger partial charge in [0.15, 0.2) is 0 Å². The molecule has 0 amide bonds. The van der Waals surface area contributed by atoms with E-state index < -0.39 is 0 Å². The summed E-state index contributed by atoms with van der Waals surface area (Å²) in [6, 6.07) is 0. The Morgan fingerprint density at radius 2 is 2.27 bits per heavy atom. The van der Waals surface area contributed by atoms with Crippen LogP contribution in [0.2, 0.25) is 0 Å². The Labute approximate surface area is 90.2 Å². The zero-order chi connectivity index (χ0) is 11.3. The molecule has 0 aromatic rings. The third-order valence-corrected chi connectivity index (χ3v) is 2.18. The van der Waals surface area contributed by atoms with E-state index in [4.69, 9.17) is 14.2 Å². The SMILES string of the molecule is C=C(C)C(=O)OCCOCC(C)C1CO1. The van der Waals surface area contributed by atoms with Crippen LogP contribution >= 0.6 is 0 Å². The lowest BCUT2D eigenvalue weighted by molar-refractivity contribution is -0.140. The molecule has 0 N–H and O–H groups in total. The Morgan fingerprint density at radius 3 is 2.80 bits per heavy atom. The number of hydrogen-bond acceptors (Lipinski definition) is 4. The molecule has 1 aliphatic rings. The molecule has 86 valence electrons. The highest BCUT2D eigenvalue weighted by molar-refractivity contribution is 5.86. The van der Waals surface area contributed by atoms with E-state index in [0.717, 1.165) is 6.61 Å². The van der Waals surface area contributed by atoms with Crippen molar-refractivity contribution in [1.29, 1.82) is 0 Å². The predicted octanol–water partition coefficient (Wildman–Crippen LogP) is 1.16. The average Bonchev–Trinajstić information content (AvgIpc) is 2.99. The van der Waals surface area contributed by atoms with Crippen molar-refractivity contribution in [2.24, 2.45) is 5.92 Å². The fraction of sp³-hybridized carbons (Fsp3) is 0.727. The van der Waals surface area contributed by atoms with Crippen molar-refractivity contribution in [3.05, 3.63) is 12.2 Å². The molecule has 0 saturated carbocycles. The smallest absolute Gasteiger partial charge is 0.333 e. The first-order chi connectivity index (χ1) is 7.11. The summed E-state index contributed by atoms with van der Waals surface area (Å²) in [5, 5.41) is 0. The van der Waals surface area contributed by atoms with Crippen molar-refractivity contribution in [3.8, 4) is 0 Å². The number of epoxide rings is 1. The second kappa shape index (κ2) is 5.88. The van der Waals surface area contributed by atoms with Crippen LogP contribution in [0.1, 0.15) is 13.8 Å². The highest BCUT2D eigenvalue weighted by Gasteiger charge is 2.29. The first-order valence-electron chi connectivity index (χ1n) is 5.13. The van der Waals surface area contributed by atoms with Crippen LogP contribution in [0.25, 0.3) is 0 Å². The van der Waals surface area contributed by atoms with E-state index >= 15 is 0 Å². The van der Waals surface area contributed by atoms with E-state index in [2.05, 4.69) is 13.5 Å². The Kier molecular flexibility index (Phi) is 4.78. The van der Waals surface area contributed by atoms with Gasteiger partial charge in [0.05, 0.1) is 25.9 Å². The zero-order valence-electron chi connectivity index (χ0n) is 9.32. The summed E-state index contributed by atoms with van der Waals surface area (Å²) in [6.45, 7) is 9.38. The largest absolute Gasteiger partial charge is 0.460 e. The van der Waals surface area contributed by atoms with Gasteiger partial charge in [0.2, 0.25) is 0 Å². The van der Waals surface area contributed by atoms with Gasteiger partial charge < -0.3 is 14.2 Å². The number of ether oxygens (including phenoxy) is 3. The van der Waals surface area contributed by atoms with E-state index in [-0.39, 0.29) is 12.6 Å². The molecule has 1 rings (SSSR count). The Balaban J connectivity index is 1.92. The second-order valence-corrected chi connectivity index (χ2v) is 3.84. The molecule has 2 unspecified atom stereocenters. The number of hydrogen-bond donors (Lipinski definition) is 0. The van der Waals surface area contributed by atoms with Gasteiger partial charge in [-0.15, -0.1) is 0 Å². The first kappa shape index (κ1) is 12.2. The zero-order valence-corrected chi connectivity index (χ0v) is 9.32. The monoisotopic (exact) mass is 214 g/mol. The minimum atomic E-state index is -0.364. The Morgan fingerprint density at radius 1 is 1.60 bits per heavy atom. The number of rotatable bonds is 7. The first-order valence-corrected chi connectivity index (χ1v) is 5.13. The number of carbonyl (C=O) groups is 1. The van der Waals surface area contributed by atoms with Crippen LogP contribution in [0.3, 0.4) is 0 Å². The molecule has 0 aromatic heterocycles. The molecule has 4 heteroatoms. The maximum atomic E-state index is 11.0. The third kappa shape index (κ3) is 4.95. The summed E-state index contributed by atoms with van der Waals surface area (Å²) < 4.78 is 15.3. The summed E-state index contributed by atoms with van der Waals surface area (Å²) in [4.78, 5) is 11.0. The minimum Gasteiger partial charge on any atom is -0.460 e. The molecule has 4 nitrogen and oxygen atoms in total. The van der Waals surface area contributed by atoms with Crippen molar-refractivity contribution in [1.82, 2.24) is 0 Å². The van der Waals surface area contributed by atoms with Gasteiger partial charge in [0, 0.05) is 11.5 Å². The van der Waals surface area contributed by atoms with E-state index in [1.807, 2.05) is 0 Å². The molecule has 2 atom stereocenters. The van der Waals surface area contributed by atoms with Crippen LogP contribution in [0.5, 0.6) is 0 Å². The third-order valence-electron chi connectivity index (χ3n) is 2.18. The van der Waals surface area contributed by atoms with Gasteiger partial charge in [-0.25, -0.2) is 4.79 Å². The molecular weight excluding hydrogens is 196 g/mol. The van der Waals surface area contributed by atoms with Crippen molar-refractivity contribution in [3.63, 3.8) is 0 Å². The lowest BCUT2D eigenvalue weighted by atomic mass is 10.1. The van der Waals surface area contributed by atoms with Crippen molar-refractivity contribution >= 4 is 5.97 Å². The van der Waals surface area contributed by atoms with Crippen LogP contribution in [-0.2, 0) is 19.0 Å². The maximum absolute atomic E-state index is 11.0. The molecule has 1 aliphatic heterocycles. The van der Waals surface area contributed by atoms with E-state index in [9.17, 15) is 4.79 Å². The molecule has 0 bridgehead atoms. The van der Waals surface area contributed by atoms with Gasteiger partial charge in [-0.1, -0.05) is 13.5 Å². The van der Waals surface area contributed by atoms with Gasteiger partial charge >= 0.3 is 5.97 Å². The fourth-order valence-corrected chi connectivity index (χ4v) is 1.08. The van der Waals surface area contributed by atoms with Gasteiger partial charge in [0.25, 0.3) is 0 Å². The van der Waals surface area contributed by atoms with Crippen LogP contribution in [0.15, 0.2) is 12.2 Å². The maximum Gasteiger partial charge on any atom is 0.333 e. The number of carbonyl (C=O) groups excluding carboxylic acids is 1. The lowest BCUT2D eigenvalue weighted by Crippen LogP contribution is -2.16. The van der Waals surface area contributed by atoms with Gasteiger partial charge in [-0.3, -0.25) is 0 Å². The molecular formula is C11H18O4. The Hall–Kier alpha value is -0.870. The Bertz CT molecular complexity index is 233. The second-order valence-electron chi connectivity index (χ2n) is 3.84. The summed E-state index contributed by atoms with van der Waals surface area (Å²) in [5.41, 5.74) is 0.412. The molecule has 1 fully saturated rings. The summed E-state index contributed by atoms with van der Waals surface area (Å²) in [5.74, 6) is 0.0546. The van der Waals surface area contributed by atoms with E-state index in [1.165, 1.54) is 0 Å². The van der Waals surface area contributed by atoms with Crippen molar-refractivity contribution in [2.75, 3.05) is 26.4 Å². The molecule has 1 saturated heterocycles. The van der Waals surface area contributed by atoms with Gasteiger partial charge in [-0.2, -0.15) is 0 Å². The normalized spacial score (nSPS) is 20.8. The van der Waals surface area contributed by atoms with Crippen LogP contribution in [0, 0.1) is 5.92 Å². The molecule has 0 aromatic carbocycles. The molecule has 15 heavy (non-hydrogen) atoms. The lowest BCUT2D eigenvalue weighted by Gasteiger charge is -2.09. The van der Waals surface area contributed by atoms with Gasteiger partial charge in [-0.05, 0) is 6.92 Å². The quantitative estimate of drug-likeness (QED) is 0.276. The molecule has 0 aliphatic carbocycles. The summed E-state index contributed by atoms with van der Waals surface area (Å²) in [6.07, 6.45) is 0.364. The van der Waals surface area contributed by atoms with Gasteiger partial charge in [0.1, 0.15) is 6.61 Å². The highest BCUT2D eigenvalue weighted by atomic mass is 16.6. The minimum absolute atomic E-state index is 0.282. The summed E-state index contributed by atoms with van der Waals surface area (Å²) >= 11 is 0. The van der Waals surface area contributed by atoms with Crippen molar-refractivity contribution in [2.45, 2.75) is 20.0 Å². The van der Waals surface area contributed by atoms with Crippen LogP contribution < -0.4 is 0 Å². The summed E-state index contributed by atoms with van der Waals surface area (Å²) in [7, 11) is 0. The van der Waals surface area contributed by atoms with Crippen LogP contribution in [-0.4, -0.2) is 38.5 Å². The fourth-order valence-electron chi connectivity index (χ4n) is 1.08. The highest BCUT2D eigenvalue weighted by Crippen LogP contribution is 2.19. The molecule has 0 spiro atoms. The predicted molar refractivity (Wildman–Crippen MR) is 55.5 cm³/mol. The molecule has 1 heterocycles. The topological polar surface area (TPSA) is 48.1 Å². The van der Waals surface area contributed by atoms with E-state index in [1.54, 1.807) is 6.92 Å². The average molecular weight is 214 g/mol. The number of esters is 1. The van der Waals surface area contributed by atoms with E-state index in [0.29, 0.717) is 30.8 Å².